The lowest BCUT2D eigenvalue weighted by atomic mass is 10.2. The van der Waals surface area contributed by atoms with Gasteiger partial charge < -0.3 is 20.5 Å². The molecule has 0 aliphatic carbocycles. The summed E-state index contributed by atoms with van der Waals surface area (Å²) in [6.07, 6.45) is 0. The molecular weight excluding hydrogens is 315 g/mol. The van der Waals surface area contributed by atoms with E-state index in [4.69, 9.17) is 15.2 Å². The van der Waals surface area contributed by atoms with Crippen LogP contribution in [0.2, 0.25) is 0 Å². The van der Waals surface area contributed by atoms with Crippen LogP contribution in [-0.4, -0.2) is 25.6 Å². The Morgan fingerprint density at radius 3 is 2.71 bits per heavy atom. The molecule has 0 heterocycles. The minimum absolute atomic E-state index is 0.0795. The molecule has 2 rings (SSSR count). The molecule has 6 nitrogen and oxygen atoms in total. The maximum Gasteiger partial charge on any atom is 0.340 e. The Bertz CT molecular complexity index is 749. The highest BCUT2D eigenvalue weighted by Crippen LogP contribution is 2.17. The van der Waals surface area contributed by atoms with Gasteiger partial charge in [0, 0.05) is 17.8 Å². The van der Waals surface area contributed by atoms with Gasteiger partial charge in [0.1, 0.15) is 11.6 Å². The van der Waals surface area contributed by atoms with Crippen molar-refractivity contribution in [2.45, 2.75) is 6.54 Å². The molecule has 0 aliphatic heterocycles. The number of carbonyl (C=O) groups is 2. The van der Waals surface area contributed by atoms with Crippen molar-refractivity contribution in [3.63, 3.8) is 0 Å². The van der Waals surface area contributed by atoms with Crippen molar-refractivity contribution in [1.82, 2.24) is 5.32 Å². The first kappa shape index (κ1) is 17.3. The summed E-state index contributed by atoms with van der Waals surface area (Å²) >= 11 is 0. The number of amides is 1. The Kier molecular flexibility index (Phi) is 5.73. The van der Waals surface area contributed by atoms with E-state index < -0.39 is 24.3 Å². The number of rotatable bonds is 6. The summed E-state index contributed by atoms with van der Waals surface area (Å²) in [6, 6.07) is 10.6. The summed E-state index contributed by atoms with van der Waals surface area (Å²) in [6.45, 7) is -0.271. The largest absolute Gasteiger partial charge is 0.496 e. The highest BCUT2D eigenvalue weighted by molar-refractivity contribution is 5.96. The number of esters is 1. The van der Waals surface area contributed by atoms with E-state index in [-0.39, 0.29) is 17.8 Å². The number of nitrogen functional groups attached to an aromatic ring is 1. The fourth-order valence-corrected chi connectivity index (χ4v) is 2.01. The molecule has 24 heavy (non-hydrogen) atoms. The topological polar surface area (TPSA) is 90.6 Å². The van der Waals surface area contributed by atoms with Crippen molar-refractivity contribution in [2.24, 2.45) is 0 Å². The van der Waals surface area contributed by atoms with Gasteiger partial charge in [-0.15, -0.1) is 0 Å². The van der Waals surface area contributed by atoms with E-state index in [1.807, 2.05) is 12.1 Å². The molecule has 0 unspecified atom stereocenters. The third-order valence-corrected chi connectivity index (χ3v) is 3.24. The lowest BCUT2D eigenvalue weighted by Gasteiger charge is -2.10. The molecule has 0 fully saturated rings. The van der Waals surface area contributed by atoms with Crippen molar-refractivity contribution in [3.05, 3.63) is 59.4 Å². The Labute approximate surface area is 138 Å². The van der Waals surface area contributed by atoms with Crippen LogP contribution in [0.1, 0.15) is 15.9 Å². The zero-order valence-electron chi connectivity index (χ0n) is 13.0. The molecule has 3 N–H and O–H groups in total. The first-order valence-corrected chi connectivity index (χ1v) is 7.12. The van der Waals surface area contributed by atoms with Crippen molar-refractivity contribution < 1.29 is 23.5 Å². The van der Waals surface area contributed by atoms with Crippen molar-refractivity contribution in [3.8, 4) is 5.75 Å². The number of hydrogen-bond donors (Lipinski definition) is 2. The number of benzene rings is 2. The Morgan fingerprint density at radius 1 is 1.21 bits per heavy atom. The maximum atomic E-state index is 13.1. The Balaban J connectivity index is 1.87. The monoisotopic (exact) mass is 332 g/mol. The second-order valence-electron chi connectivity index (χ2n) is 4.90. The predicted octanol–water partition coefficient (Wildman–Crippen LogP) is 1.89. The number of nitrogens with one attached hydrogen (secondary N) is 1. The van der Waals surface area contributed by atoms with Gasteiger partial charge >= 0.3 is 5.97 Å². The molecule has 0 spiro atoms. The molecule has 2 aromatic carbocycles. The minimum atomic E-state index is -0.862. The molecule has 0 radical (unpaired) electrons. The molecule has 126 valence electrons. The van der Waals surface area contributed by atoms with Crippen LogP contribution in [0.5, 0.6) is 5.75 Å². The average molecular weight is 332 g/mol. The van der Waals surface area contributed by atoms with Crippen LogP contribution in [0.3, 0.4) is 0 Å². The van der Waals surface area contributed by atoms with Gasteiger partial charge in [-0.05, 0) is 24.3 Å². The van der Waals surface area contributed by atoms with Gasteiger partial charge in [-0.3, -0.25) is 4.79 Å². The van der Waals surface area contributed by atoms with Crippen LogP contribution in [0.25, 0.3) is 0 Å². The van der Waals surface area contributed by atoms with E-state index in [1.54, 1.807) is 12.1 Å². The maximum absolute atomic E-state index is 13.1. The third-order valence-electron chi connectivity index (χ3n) is 3.24. The van der Waals surface area contributed by atoms with Crippen LogP contribution in [0, 0.1) is 5.82 Å². The Hall–Kier alpha value is -3.09. The summed E-state index contributed by atoms with van der Waals surface area (Å²) in [4.78, 5) is 23.6. The summed E-state index contributed by atoms with van der Waals surface area (Å²) in [5.41, 5.74) is 6.33. The standard InChI is InChI=1S/C17H17FN2O4/c1-23-15-5-3-2-4-11(15)9-20-16(21)10-24-17(22)13-8-12(18)6-7-14(13)19/h2-8H,9-10,19H2,1H3,(H,20,21). The van der Waals surface area contributed by atoms with Gasteiger partial charge in [0.15, 0.2) is 6.61 Å². The van der Waals surface area contributed by atoms with Gasteiger partial charge in [0.05, 0.1) is 12.7 Å². The molecule has 0 bridgehead atoms. The lowest BCUT2D eigenvalue weighted by Crippen LogP contribution is -2.28. The number of carbonyl (C=O) groups excluding carboxylic acids is 2. The number of hydrogen-bond acceptors (Lipinski definition) is 5. The predicted molar refractivity (Wildman–Crippen MR) is 85.9 cm³/mol. The van der Waals surface area contributed by atoms with Crippen molar-refractivity contribution in [1.29, 1.82) is 0 Å². The van der Waals surface area contributed by atoms with E-state index in [0.29, 0.717) is 5.75 Å². The number of ether oxygens (including phenoxy) is 2. The normalized spacial score (nSPS) is 10.1. The van der Waals surface area contributed by atoms with E-state index in [0.717, 1.165) is 17.7 Å². The van der Waals surface area contributed by atoms with E-state index >= 15 is 0 Å². The summed E-state index contributed by atoms with van der Waals surface area (Å²) in [5, 5.41) is 2.61. The first-order chi connectivity index (χ1) is 11.5. The molecule has 7 heteroatoms. The van der Waals surface area contributed by atoms with Crippen LogP contribution in [-0.2, 0) is 16.1 Å². The lowest BCUT2D eigenvalue weighted by molar-refractivity contribution is -0.124. The second kappa shape index (κ2) is 7.96. The van der Waals surface area contributed by atoms with Crippen molar-refractivity contribution in [2.75, 3.05) is 19.5 Å². The Morgan fingerprint density at radius 2 is 1.96 bits per heavy atom. The van der Waals surface area contributed by atoms with Crippen LogP contribution < -0.4 is 15.8 Å². The molecule has 0 saturated heterocycles. The number of para-hydroxylation sites is 1. The average Bonchev–Trinajstić information content (AvgIpc) is 2.60. The molecular formula is C17H17FN2O4. The van der Waals surface area contributed by atoms with Crippen LogP contribution in [0.15, 0.2) is 42.5 Å². The smallest absolute Gasteiger partial charge is 0.340 e. The van der Waals surface area contributed by atoms with E-state index in [1.165, 1.54) is 13.2 Å². The quantitative estimate of drug-likeness (QED) is 0.623. The highest BCUT2D eigenvalue weighted by atomic mass is 19.1. The molecule has 0 atom stereocenters. The van der Waals surface area contributed by atoms with Gasteiger partial charge in [-0.1, -0.05) is 18.2 Å². The minimum Gasteiger partial charge on any atom is -0.496 e. The van der Waals surface area contributed by atoms with Gasteiger partial charge in [0.2, 0.25) is 0 Å². The molecule has 1 amide bonds. The van der Waals surface area contributed by atoms with Crippen LogP contribution in [0.4, 0.5) is 10.1 Å². The summed E-state index contributed by atoms with van der Waals surface area (Å²) < 4.78 is 23.1. The first-order valence-electron chi connectivity index (χ1n) is 7.12. The van der Waals surface area contributed by atoms with Crippen molar-refractivity contribution >= 4 is 17.6 Å². The number of nitrogens with two attached hydrogens (primary N) is 1. The fourth-order valence-electron chi connectivity index (χ4n) is 2.01. The molecule has 2 aromatic rings. The summed E-state index contributed by atoms with van der Waals surface area (Å²) in [5.74, 6) is -1.33. The number of anilines is 1. The zero-order valence-corrected chi connectivity index (χ0v) is 13.0. The second-order valence-corrected chi connectivity index (χ2v) is 4.90. The SMILES string of the molecule is COc1ccccc1CNC(=O)COC(=O)c1cc(F)ccc1N. The third kappa shape index (κ3) is 4.45. The van der Waals surface area contributed by atoms with E-state index in [9.17, 15) is 14.0 Å². The van der Waals surface area contributed by atoms with Gasteiger partial charge in [-0.25, -0.2) is 9.18 Å². The zero-order chi connectivity index (χ0) is 17.5. The highest BCUT2D eigenvalue weighted by Gasteiger charge is 2.14. The van der Waals surface area contributed by atoms with Gasteiger partial charge in [-0.2, -0.15) is 0 Å². The van der Waals surface area contributed by atoms with Gasteiger partial charge in [0.25, 0.3) is 5.91 Å². The number of halogens is 1. The number of methoxy groups -OCH3 is 1. The summed E-state index contributed by atoms with van der Waals surface area (Å²) in [7, 11) is 1.53. The molecule has 0 saturated carbocycles. The fraction of sp³-hybridized carbons (Fsp3) is 0.176. The molecule has 0 aromatic heterocycles. The molecule has 0 aliphatic rings. The van der Waals surface area contributed by atoms with E-state index in [2.05, 4.69) is 5.32 Å². The van der Waals surface area contributed by atoms with Crippen LogP contribution >= 0.6 is 0 Å².